The summed E-state index contributed by atoms with van der Waals surface area (Å²) in [5.41, 5.74) is 5.20. The maximum atomic E-state index is 11.8. The molecule has 5 heteroatoms. The van der Waals surface area contributed by atoms with Crippen LogP contribution in [0.2, 0.25) is 18.1 Å². The van der Waals surface area contributed by atoms with Crippen molar-refractivity contribution in [3.63, 3.8) is 0 Å². The molecule has 3 atom stereocenters. The molecule has 41 heavy (non-hydrogen) atoms. The summed E-state index contributed by atoms with van der Waals surface area (Å²) in [5.74, 6) is 0.349. The smallest absolute Gasteiger partial charge is 0.193 e. The maximum absolute atomic E-state index is 11.8. The third-order valence-corrected chi connectivity index (χ3v) is 14.5. The molecular formula is C36H52N2O2Si. The summed E-state index contributed by atoms with van der Waals surface area (Å²) in [6, 6.07) is 12.5. The highest BCUT2D eigenvalue weighted by Gasteiger charge is 2.51. The van der Waals surface area contributed by atoms with Crippen molar-refractivity contribution in [1.82, 2.24) is 4.98 Å². The highest BCUT2D eigenvalue weighted by Crippen LogP contribution is 2.54. The highest BCUT2D eigenvalue weighted by molar-refractivity contribution is 6.74. The van der Waals surface area contributed by atoms with Crippen molar-refractivity contribution in [3.05, 3.63) is 76.1 Å². The molecule has 1 aromatic heterocycles. The minimum Gasteiger partial charge on any atom is -0.407 e. The van der Waals surface area contributed by atoms with Gasteiger partial charge in [0.25, 0.3) is 0 Å². The topological polar surface area (TPSA) is 66.1 Å². The molecule has 0 bridgehead atoms. The van der Waals surface area contributed by atoms with Crippen LogP contribution in [-0.4, -0.2) is 24.0 Å². The third kappa shape index (κ3) is 6.12. The van der Waals surface area contributed by atoms with Gasteiger partial charge in [-0.15, -0.1) is 0 Å². The van der Waals surface area contributed by atoms with Crippen LogP contribution in [0.4, 0.5) is 0 Å². The summed E-state index contributed by atoms with van der Waals surface area (Å²) in [7, 11) is -2.08. The fourth-order valence-electron chi connectivity index (χ4n) is 6.42. The zero-order chi connectivity index (χ0) is 30.6. The van der Waals surface area contributed by atoms with E-state index in [1.54, 1.807) is 0 Å². The lowest BCUT2D eigenvalue weighted by Crippen LogP contribution is -2.52. The fraction of sp³-hybridized carbons (Fsp3) is 0.611. The molecule has 2 aliphatic rings. The number of benzene rings is 1. The lowest BCUT2D eigenvalue weighted by molar-refractivity contribution is 0.0469. The first-order valence-electron chi connectivity index (χ1n) is 15.4. The Balaban J connectivity index is 1.86. The van der Waals surface area contributed by atoms with E-state index in [4.69, 9.17) is 9.41 Å². The molecule has 1 unspecified atom stereocenters. The van der Waals surface area contributed by atoms with Crippen molar-refractivity contribution >= 4 is 8.32 Å². The summed E-state index contributed by atoms with van der Waals surface area (Å²) in [6.07, 6.45) is 7.84. The minimum absolute atomic E-state index is 0.0998. The number of allylic oxidation sites excluding steroid dienone is 1. The molecule has 0 spiro atoms. The Kier molecular flexibility index (Phi) is 8.33. The van der Waals surface area contributed by atoms with E-state index in [1.165, 1.54) is 5.56 Å². The predicted octanol–water partition coefficient (Wildman–Crippen LogP) is 9.25. The van der Waals surface area contributed by atoms with Crippen molar-refractivity contribution in [1.29, 1.82) is 5.26 Å². The fourth-order valence-corrected chi connectivity index (χ4v) is 7.99. The van der Waals surface area contributed by atoms with E-state index in [-0.39, 0.29) is 27.9 Å². The van der Waals surface area contributed by atoms with Crippen molar-refractivity contribution in [2.75, 3.05) is 0 Å². The van der Waals surface area contributed by atoms with E-state index in [0.717, 1.165) is 53.8 Å². The van der Waals surface area contributed by atoms with E-state index in [1.807, 2.05) is 38.1 Å². The van der Waals surface area contributed by atoms with Gasteiger partial charge in [-0.2, -0.15) is 5.26 Å². The second-order valence-electron chi connectivity index (χ2n) is 15.8. The molecule has 4 rings (SSSR count). The van der Waals surface area contributed by atoms with Gasteiger partial charge >= 0.3 is 0 Å². The van der Waals surface area contributed by atoms with Crippen LogP contribution in [-0.2, 0) is 16.3 Å². The Bertz CT molecular complexity index is 1340. The molecule has 0 radical (unpaired) electrons. The number of aliphatic hydroxyl groups is 1. The van der Waals surface area contributed by atoms with E-state index in [0.29, 0.717) is 0 Å². The molecule has 0 saturated heterocycles. The number of nitriles is 1. The number of hydrogen-bond donors (Lipinski definition) is 1. The SMILES string of the molecule is CC(C)c1nc2c(cc1[C@H](O)c1ccc(C(C)(C)C#N)cc1)[C@@H](C1(O[Si](C)(C)C(C)(C)C)C=CCC1)CC(C)(C)C2. The van der Waals surface area contributed by atoms with E-state index < -0.39 is 19.8 Å². The van der Waals surface area contributed by atoms with Gasteiger partial charge in [0.2, 0.25) is 0 Å². The molecular weight excluding hydrogens is 520 g/mol. The average Bonchev–Trinajstić information content (AvgIpc) is 3.34. The Morgan fingerprint density at radius 3 is 2.24 bits per heavy atom. The Labute approximate surface area is 250 Å². The summed E-state index contributed by atoms with van der Waals surface area (Å²) >= 11 is 0. The molecule has 0 saturated carbocycles. The van der Waals surface area contributed by atoms with Crippen LogP contribution in [0.15, 0.2) is 42.5 Å². The Hall–Kier alpha value is -2.26. The number of rotatable bonds is 7. The lowest BCUT2D eigenvalue weighted by Gasteiger charge is -2.50. The number of aliphatic hydroxyl groups excluding tert-OH is 1. The van der Waals surface area contributed by atoms with Gasteiger partial charge in [0.1, 0.15) is 6.10 Å². The van der Waals surface area contributed by atoms with E-state index >= 15 is 0 Å². The van der Waals surface area contributed by atoms with Gasteiger partial charge < -0.3 is 9.53 Å². The molecule has 2 aromatic rings. The second kappa shape index (κ2) is 10.8. The van der Waals surface area contributed by atoms with Crippen LogP contribution in [0, 0.1) is 16.7 Å². The molecule has 1 N–H and O–H groups in total. The zero-order valence-electron chi connectivity index (χ0n) is 27.4. The van der Waals surface area contributed by atoms with Gasteiger partial charge in [0.15, 0.2) is 8.32 Å². The minimum atomic E-state index is -2.08. The average molecular weight is 573 g/mol. The van der Waals surface area contributed by atoms with Crippen molar-refractivity contribution in [2.24, 2.45) is 5.41 Å². The van der Waals surface area contributed by atoms with Gasteiger partial charge in [-0.3, -0.25) is 4.98 Å². The number of nitrogens with zero attached hydrogens (tertiary/aromatic N) is 2. The number of pyridine rings is 1. The van der Waals surface area contributed by atoms with Crippen LogP contribution in [0.25, 0.3) is 0 Å². The van der Waals surface area contributed by atoms with Gasteiger partial charge in [0, 0.05) is 22.9 Å². The zero-order valence-corrected chi connectivity index (χ0v) is 28.4. The maximum Gasteiger partial charge on any atom is 0.193 e. The van der Waals surface area contributed by atoms with E-state index in [9.17, 15) is 10.4 Å². The molecule has 1 aromatic carbocycles. The summed E-state index contributed by atoms with van der Waals surface area (Å²) < 4.78 is 7.39. The highest BCUT2D eigenvalue weighted by atomic mass is 28.4. The quantitative estimate of drug-likeness (QED) is 0.265. The second-order valence-corrected chi connectivity index (χ2v) is 20.5. The van der Waals surface area contributed by atoms with Crippen molar-refractivity contribution in [2.45, 2.75) is 135 Å². The first-order chi connectivity index (χ1) is 18.8. The molecule has 0 aliphatic heterocycles. The summed E-state index contributed by atoms with van der Waals surface area (Å²) in [4.78, 5) is 5.35. The van der Waals surface area contributed by atoms with Crippen LogP contribution >= 0.6 is 0 Å². The molecule has 0 fully saturated rings. The van der Waals surface area contributed by atoms with Crippen LogP contribution in [0.5, 0.6) is 0 Å². The number of aromatic nitrogens is 1. The normalized spacial score (nSPS) is 23.4. The monoisotopic (exact) mass is 572 g/mol. The van der Waals surface area contributed by atoms with Gasteiger partial charge in [-0.05, 0) is 91.8 Å². The van der Waals surface area contributed by atoms with Gasteiger partial charge in [0.05, 0.1) is 17.1 Å². The molecule has 2 aliphatic carbocycles. The summed E-state index contributed by atoms with van der Waals surface area (Å²) in [5, 5.41) is 21.5. The standard InChI is InChI=1S/C36H52N2O2Si/c1-24(2)31-28(32(39)25-14-16-26(17-15-25)35(8,9)23-37)20-27-29(21-34(6,7)22-30(27)38-31)36(18-12-13-19-36)40-41(10,11)33(3,4)5/h12,14-18,20,24,29,32,39H,13,19,21-22H2,1-11H3/t29-,32+,36?/m0/s1. The van der Waals surface area contributed by atoms with Crippen LogP contribution < -0.4 is 0 Å². The third-order valence-electron chi connectivity index (χ3n) is 9.99. The summed E-state index contributed by atoms with van der Waals surface area (Å²) in [6.45, 7) is 24.6. The number of hydrogen-bond acceptors (Lipinski definition) is 4. The Morgan fingerprint density at radius 1 is 1.10 bits per heavy atom. The Morgan fingerprint density at radius 2 is 1.73 bits per heavy atom. The van der Waals surface area contributed by atoms with Gasteiger partial charge in [-0.1, -0.05) is 84.9 Å². The lowest BCUT2D eigenvalue weighted by atomic mass is 9.64. The molecule has 222 valence electrons. The predicted molar refractivity (Wildman–Crippen MR) is 172 cm³/mol. The van der Waals surface area contributed by atoms with E-state index in [2.05, 4.69) is 85.8 Å². The van der Waals surface area contributed by atoms with Crippen LogP contribution in [0.3, 0.4) is 0 Å². The largest absolute Gasteiger partial charge is 0.407 e. The molecule has 4 nitrogen and oxygen atoms in total. The molecule has 1 heterocycles. The number of fused-ring (bicyclic) bond motifs is 1. The van der Waals surface area contributed by atoms with Gasteiger partial charge in [-0.25, -0.2) is 0 Å². The first kappa shape index (κ1) is 31.7. The van der Waals surface area contributed by atoms with Crippen molar-refractivity contribution in [3.8, 4) is 6.07 Å². The van der Waals surface area contributed by atoms with Crippen LogP contribution in [0.1, 0.15) is 133 Å². The first-order valence-corrected chi connectivity index (χ1v) is 18.3. The van der Waals surface area contributed by atoms with Crippen molar-refractivity contribution < 1.29 is 9.53 Å². The molecule has 0 amide bonds.